The topological polar surface area (TPSA) is 9.72 Å². The summed E-state index contributed by atoms with van der Waals surface area (Å²) in [6.07, 6.45) is 2.12. The lowest BCUT2D eigenvalue weighted by molar-refractivity contribution is 0.245. The van der Waals surface area contributed by atoms with Gasteiger partial charge in [0.25, 0.3) is 6.71 Å². The van der Waals surface area contributed by atoms with Crippen LogP contribution in [0.2, 0.25) is 0 Å². The van der Waals surface area contributed by atoms with E-state index in [1.807, 2.05) is 0 Å². The van der Waals surface area contributed by atoms with Crippen LogP contribution in [0.4, 0.5) is 45.5 Å². The van der Waals surface area contributed by atoms with Gasteiger partial charge < -0.3 is 14.7 Å². The monoisotopic (exact) mass is 960 g/mol. The molecule has 364 valence electrons. The fraction of sp³-hybridized carbons (Fsp3) is 0.229. The van der Waals surface area contributed by atoms with Crippen LogP contribution in [-0.4, -0.2) is 6.71 Å². The highest BCUT2D eigenvalue weighted by Crippen LogP contribution is 2.65. The second-order valence-corrected chi connectivity index (χ2v) is 24.3. The number of anilines is 8. The fourth-order valence-electron chi connectivity index (χ4n) is 13.7. The van der Waals surface area contributed by atoms with Crippen LogP contribution in [0, 0.1) is 13.8 Å². The predicted molar refractivity (Wildman–Crippen MR) is 316 cm³/mol. The molecule has 1 aliphatic carbocycles. The average Bonchev–Trinajstić information content (AvgIpc) is 3.75. The van der Waals surface area contributed by atoms with Gasteiger partial charge in [0.2, 0.25) is 0 Å². The molecule has 13 rings (SSSR count). The molecule has 0 saturated heterocycles. The third-order valence-electron chi connectivity index (χ3n) is 17.7. The molecule has 2 unspecified atom stereocenters. The molecule has 0 bridgehead atoms. The Hall–Kier alpha value is -7.56. The number of fused-ring (bicyclic) bond motifs is 9. The van der Waals surface area contributed by atoms with E-state index < -0.39 is 5.54 Å². The van der Waals surface area contributed by atoms with E-state index in [1.165, 1.54) is 117 Å². The van der Waals surface area contributed by atoms with Crippen LogP contribution in [0.1, 0.15) is 101 Å². The molecule has 9 aromatic rings. The Morgan fingerprint density at radius 2 is 1.05 bits per heavy atom. The zero-order valence-electron chi connectivity index (χ0n) is 44.8. The zero-order valence-corrected chi connectivity index (χ0v) is 44.8. The van der Waals surface area contributed by atoms with E-state index in [9.17, 15) is 0 Å². The minimum Gasteiger partial charge on any atom is -0.330 e. The van der Waals surface area contributed by atoms with E-state index in [0.29, 0.717) is 0 Å². The summed E-state index contributed by atoms with van der Waals surface area (Å²) in [5, 5.41) is 0. The first-order valence-electron chi connectivity index (χ1n) is 26.9. The Kier molecular flexibility index (Phi) is 10.3. The summed E-state index contributed by atoms with van der Waals surface area (Å²) in [5.74, 6) is 0. The fourth-order valence-corrected chi connectivity index (χ4v) is 13.7. The summed E-state index contributed by atoms with van der Waals surface area (Å²) < 4.78 is 0. The lowest BCUT2D eigenvalue weighted by atomic mass is 9.33. The van der Waals surface area contributed by atoms with Crippen molar-refractivity contribution in [1.29, 1.82) is 0 Å². The number of rotatable bonds is 5. The number of aryl methyl sites for hydroxylation is 3. The molecule has 0 saturated carbocycles. The summed E-state index contributed by atoms with van der Waals surface area (Å²) >= 11 is 0. The molecule has 0 fully saturated rings. The average molecular weight is 960 g/mol. The lowest BCUT2D eigenvalue weighted by Gasteiger charge is -2.52. The van der Waals surface area contributed by atoms with Crippen molar-refractivity contribution < 1.29 is 0 Å². The van der Waals surface area contributed by atoms with Crippen molar-refractivity contribution in [3.05, 3.63) is 233 Å². The minimum absolute atomic E-state index is 0.0508. The van der Waals surface area contributed by atoms with Crippen molar-refractivity contribution in [2.75, 3.05) is 14.7 Å². The molecule has 0 amide bonds. The van der Waals surface area contributed by atoms with Gasteiger partial charge in [0.15, 0.2) is 0 Å². The lowest BCUT2D eigenvalue weighted by Crippen LogP contribution is -2.61. The number of hydrogen-bond acceptors (Lipinski definition) is 3. The van der Waals surface area contributed by atoms with Gasteiger partial charge in [-0.15, -0.1) is 0 Å². The third kappa shape index (κ3) is 6.86. The largest absolute Gasteiger partial charge is 0.330 e. The van der Waals surface area contributed by atoms with Gasteiger partial charge in [0.1, 0.15) is 0 Å². The highest BCUT2D eigenvalue weighted by atomic mass is 15.3. The Morgan fingerprint density at radius 1 is 0.446 bits per heavy atom. The van der Waals surface area contributed by atoms with Gasteiger partial charge in [-0.05, 0) is 165 Å². The smallest absolute Gasteiger partial charge is 0.252 e. The molecule has 0 spiro atoms. The first kappa shape index (κ1) is 46.2. The summed E-state index contributed by atoms with van der Waals surface area (Å²) in [6.45, 7) is 23.8. The molecule has 3 heterocycles. The van der Waals surface area contributed by atoms with Crippen LogP contribution in [0.3, 0.4) is 0 Å². The minimum atomic E-state index is -0.397. The molecule has 0 radical (unpaired) electrons. The van der Waals surface area contributed by atoms with Crippen LogP contribution in [0.25, 0.3) is 22.3 Å². The number of nitrogens with zero attached hydrogens (tertiary/aromatic N) is 3. The second-order valence-electron chi connectivity index (χ2n) is 24.3. The Bertz CT molecular complexity index is 3710. The van der Waals surface area contributed by atoms with Crippen LogP contribution in [0.5, 0.6) is 0 Å². The number of benzene rings is 9. The van der Waals surface area contributed by atoms with Crippen molar-refractivity contribution in [2.45, 2.75) is 104 Å². The van der Waals surface area contributed by atoms with E-state index >= 15 is 0 Å². The van der Waals surface area contributed by atoms with Crippen LogP contribution in [-0.2, 0) is 28.2 Å². The SMILES string of the molecule is Cc1cc(C)c2c(c1)C1(C)CCc3ccccc3C1(C)N2c1cc2c3c(c1)N(c1cccc(C(C)(C)C)c1)c1cc(C(C)(C)C)ccc1B3c1cc(-c3ccccc3)ccc1N2c1ccc(-c2ccccc2)cc1. The molecule has 4 heteroatoms. The standard InChI is InChI=1S/C70H66BN3/c1-45-38-46(2)66-58(39-45)69(9)37-36-50-24-17-18-27-57(50)70(69,10)74(66)56-43-63-65-64(44-56)73(55-26-19-25-52(41-55)67(3,4)5)62-42-53(68(6,7)8)31-34-59(62)71(65)60-40-51(48-22-15-12-16-23-48)30-35-61(60)72(63)54-32-28-49(29-33-54)47-20-13-11-14-21-47/h11-35,38-44H,36-37H2,1-10H3. The van der Waals surface area contributed by atoms with Gasteiger partial charge in [0, 0.05) is 50.9 Å². The van der Waals surface area contributed by atoms with Crippen molar-refractivity contribution >= 4 is 68.6 Å². The maximum atomic E-state index is 2.80. The quantitative estimate of drug-likeness (QED) is 0.159. The third-order valence-corrected chi connectivity index (χ3v) is 17.7. The highest BCUT2D eigenvalue weighted by Gasteiger charge is 2.60. The van der Waals surface area contributed by atoms with Gasteiger partial charge in [-0.3, -0.25) is 0 Å². The van der Waals surface area contributed by atoms with Crippen molar-refractivity contribution in [2.24, 2.45) is 0 Å². The van der Waals surface area contributed by atoms with Crippen molar-refractivity contribution in [3.8, 4) is 22.3 Å². The van der Waals surface area contributed by atoms with Gasteiger partial charge in [-0.1, -0.05) is 200 Å². The van der Waals surface area contributed by atoms with E-state index in [-0.39, 0.29) is 23.0 Å². The van der Waals surface area contributed by atoms with Gasteiger partial charge in [-0.2, -0.15) is 0 Å². The van der Waals surface area contributed by atoms with Gasteiger partial charge in [0.05, 0.1) is 5.54 Å². The summed E-state index contributed by atoms with van der Waals surface area (Å²) in [6, 6.07) is 74.5. The molecule has 0 N–H and O–H groups in total. The predicted octanol–water partition coefficient (Wildman–Crippen LogP) is 16.6. The summed E-state index contributed by atoms with van der Waals surface area (Å²) in [7, 11) is 0. The molecular weight excluding hydrogens is 894 g/mol. The molecule has 74 heavy (non-hydrogen) atoms. The van der Waals surface area contributed by atoms with Crippen LogP contribution < -0.4 is 31.1 Å². The Balaban J connectivity index is 1.17. The van der Waals surface area contributed by atoms with Crippen molar-refractivity contribution in [1.82, 2.24) is 0 Å². The maximum absolute atomic E-state index is 2.80. The Morgan fingerprint density at radius 3 is 1.74 bits per heavy atom. The summed E-state index contributed by atoms with van der Waals surface area (Å²) in [4.78, 5) is 8.05. The first-order valence-corrected chi connectivity index (χ1v) is 26.9. The molecule has 9 aromatic carbocycles. The Labute approximate surface area is 440 Å². The maximum Gasteiger partial charge on any atom is 0.252 e. The van der Waals surface area contributed by atoms with Gasteiger partial charge in [-0.25, -0.2) is 0 Å². The number of hydrogen-bond donors (Lipinski definition) is 0. The molecule has 3 nitrogen and oxygen atoms in total. The highest BCUT2D eigenvalue weighted by molar-refractivity contribution is 7.00. The molecule has 2 atom stereocenters. The molecule has 0 aromatic heterocycles. The summed E-state index contributed by atoms with van der Waals surface area (Å²) in [5.41, 5.74) is 27.5. The van der Waals surface area contributed by atoms with E-state index in [0.717, 1.165) is 18.5 Å². The van der Waals surface area contributed by atoms with Crippen molar-refractivity contribution in [3.63, 3.8) is 0 Å². The first-order chi connectivity index (χ1) is 35.5. The van der Waals surface area contributed by atoms with Gasteiger partial charge >= 0.3 is 0 Å². The van der Waals surface area contributed by atoms with Crippen LogP contribution in [0.15, 0.2) is 194 Å². The molecule has 4 aliphatic rings. The normalized spacial score (nSPS) is 18.3. The molecular formula is C70H66BN3. The van der Waals surface area contributed by atoms with E-state index in [4.69, 9.17) is 0 Å². The van der Waals surface area contributed by atoms with E-state index in [1.54, 1.807) is 0 Å². The van der Waals surface area contributed by atoms with E-state index in [2.05, 4.69) is 278 Å². The van der Waals surface area contributed by atoms with Crippen LogP contribution >= 0.6 is 0 Å². The second kappa shape index (κ2) is 16.5. The zero-order chi connectivity index (χ0) is 51.1. The molecule has 3 aliphatic heterocycles.